The van der Waals surface area contributed by atoms with Crippen molar-refractivity contribution in [1.29, 1.82) is 0 Å². The summed E-state index contributed by atoms with van der Waals surface area (Å²) in [5, 5.41) is 8.87. The molecule has 0 aliphatic heterocycles. The molecule has 1 unspecified atom stereocenters. The molecule has 0 heterocycles. The van der Waals surface area contributed by atoms with Gasteiger partial charge in [0.05, 0.1) is 0 Å². The lowest BCUT2D eigenvalue weighted by molar-refractivity contribution is -0.140. The van der Waals surface area contributed by atoms with Gasteiger partial charge in [-0.2, -0.15) is 17.4 Å². The molecule has 2 N–H and O–H groups in total. The van der Waals surface area contributed by atoms with Gasteiger partial charge in [0, 0.05) is 13.6 Å². The lowest BCUT2D eigenvalue weighted by atomic mass is 10.1. The standard InChI is InChI=1S/C9H20N2O4S/c1-5-6-11(4)16(14,15)10-8(7(2)3)9(12)13/h7-8,10H,5-6H2,1-4H3,(H,12,13). The van der Waals surface area contributed by atoms with Crippen molar-refractivity contribution in [3.05, 3.63) is 0 Å². The van der Waals surface area contributed by atoms with E-state index in [2.05, 4.69) is 4.72 Å². The molecular formula is C9H20N2O4S. The number of carboxylic acid groups (broad SMARTS) is 1. The molecule has 1 atom stereocenters. The summed E-state index contributed by atoms with van der Waals surface area (Å²) in [6.45, 7) is 5.52. The predicted molar refractivity (Wildman–Crippen MR) is 61.2 cm³/mol. The van der Waals surface area contributed by atoms with Crippen LogP contribution in [0.25, 0.3) is 0 Å². The minimum absolute atomic E-state index is 0.303. The molecule has 0 bridgehead atoms. The maximum Gasteiger partial charge on any atom is 0.322 e. The van der Waals surface area contributed by atoms with Crippen molar-refractivity contribution >= 4 is 16.2 Å². The summed E-state index contributed by atoms with van der Waals surface area (Å²) in [5.41, 5.74) is 0. The fraction of sp³-hybridized carbons (Fsp3) is 0.889. The van der Waals surface area contributed by atoms with E-state index in [0.717, 1.165) is 4.31 Å². The zero-order chi connectivity index (χ0) is 12.9. The smallest absolute Gasteiger partial charge is 0.322 e. The Hall–Kier alpha value is -0.660. The zero-order valence-corrected chi connectivity index (χ0v) is 10.9. The molecule has 6 nitrogen and oxygen atoms in total. The number of carboxylic acids is 1. The van der Waals surface area contributed by atoms with Crippen molar-refractivity contribution in [2.45, 2.75) is 33.2 Å². The first-order chi connectivity index (χ1) is 7.22. The van der Waals surface area contributed by atoms with Gasteiger partial charge in [0.1, 0.15) is 6.04 Å². The SMILES string of the molecule is CCCN(C)S(=O)(=O)NC(C(=O)O)C(C)C. The average molecular weight is 252 g/mol. The van der Waals surface area contributed by atoms with E-state index in [0.29, 0.717) is 13.0 Å². The molecule has 96 valence electrons. The van der Waals surface area contributed by atoms with Crippen LogP contribution in [0.2, 0.25) is 0 Å². The van der Waals surface area contributed by atoms with Crippen LogP contribution in [-0.2, 0) is 15.0 Å². The number of hydrogen-bond donors (Lipinski definition) is 2. The maximum absolute atomic E-state index is 11.7. The second kappa shape index (κ2) is 6.17. The van der Waals surface area contributed by atoms with Crippen molar-refractivity contribution in [2.24, 2.45) is 5.92 Å². The first-order valence-corrected chi connectivity index (χ1v) is 6.62. The summed E-state index contributed by atoms with van der Waals surface area (Å²) in [7, 11) is -2.29. The van der Waals surface area contributed by atoms with E-state index in [1.54, 1.807) is 13.8 Å². The molecule has 0 amide bonds. The number of rotatable bonds is 7. The third-order valence-corrected chi connectivity index (χ3v) is 3.71. The van der Waals surface area contributed by atoms with Crippen LogP contribution in [0.1, 0.15) is 27.2 Å². The van der Waals surface area contributed by atoms with Crippen molar-refractivity contribution < 1.29 is 18.3 Å². The fourth-order valence-corrected chi connectivity index (χ4v) is 2.45. The van der Waals surface area contributed by atoms with Gasteiger partial charge >= 0.3 is 5.97 Å². The van der Waals surface area contributed by atoms with Gasteiger partial charge < -0.3 is 5.11 Å². The van der Waals surface area contributed by atoms with E-state index in [1.807, 2.05) is 6.92 Å². The third-order valence-electron chi connectivity index (χ3n) is 2.16. The van der Waals surface area contributed by atoms with Gasteiger partial charge in [-0.1, -0.05) is 20.8 Å². The maximum atomic E-state index is 11.7. The van der Waals surface area contributed by atoms with Gasteiger partial charge in [0.15, 0.2) is 0 Å². The van der Waals surface area contributed by atoms with E-state index in [-0.39, 0.29) is 5.92 Å². The molecule has 0 rings (SSSR count). The van der Waals surface area contributed by atoms with E-state index < -0.39 is 22.2 Å². The molecule has 0 fully saturated rings. The highest BCUT2D eigenvalue weighted by molar-refractivity contribution is 7.87. The molecule has 0 aromatic carbocycles. The molecule has 0 aromatic heterocycles. The Morgan fingerprint density at radius 1 is 1.44 bits per heavy atom. The van der Waals surface area contributed by atoms with Crippen molar-refractivity contribution in [2.75, 3.05) is 13.6 Å². The highest BCUT2D eigenvalue weighted by Crippen LogP contribution is 2.05. The van der Waals surface area contributed by atoms with E-state index in [4.69, 9.17) is 5.11 Å². The van der Waals surface area contributed by atoms with Gasteiger partial charge in [-0.25, -0.2) is 0 Å². The molecule has 0 aromatic rings. The summed E-state index contributed by atoms with van der Waals surface area (Å²) in [5.74, 6) is -1.47. The molecule has 0 aliphatic rings. The van der Waals surface area contributed by atoms with Crippen LogP contribution in [0, 0.1) is 5.92 Å². The molecule has 0 aliphatic carbocycles. The van der Waals surface area contributed by atoms with Crippen LogP contribution in [0.3, 0.4) is 0 Å². The molecule has 16 heavy (non-hydrogen) atoms. The van der Waals surface area contributed by atoms with Crippen molar-refractivity contribution in [1.82, 2.24) is 9.03 Å². The van der Waals surface area contributed by atoms with Crippen LogP contribution in [0.15, 0.2) is 0 Å². The van der Waals surface area contributed by atoms with Crippen LogP contribution in [-0.4, -0.2) is 43.4 Å². The lowest BCUT2D eigenvalue weighted by Gasteiger charge is -2.22. The van der Waals surface area contributed by atoms with E-state index in [9.17, 15) is 13.2 Å². The summed E-state index contributed by atoms with van der Waals surface area (Å²) in [4.78, 5) is 10.9. The quantitative estimate of drug-likeness (QED) is 0.681. The molecule has 0 saturated carbocycles. The second-order valence-corrected chi connectivity index (χ2v) is 5.81. The monoisotopic (exact) mass is 252 g/mol. The average Bonchev–Trinajstić information content (AvgIpc) is 2.13. The summed E-state index contributed by atoms with van der Waals surface area (Å²) >= 11 is 0. The second-order valence-electron chi connectivity index (χ2n) is 4.00. The predicted octanol–water partition coefficient (Wildman–Crippen LogP) is 0.272. The Kier molecular flexibility index (Phi) is 5.91. The first-order valence-electron chi connectivity index (χ1n) is 5.18. The Morgan fingerprint density at radius 2 is 1.94 bits per heavy atom. The van der Waals surface area contributed by atoms with Crippen LogP contribution in [0.4, 0.5) is 0 Å². The highest BCUT2D eigenvalue weighted by atomic mass is 32.2. The fourth-order valence-electron chi connectivity index (χ4n) is 1.16. The van der Waals surface area contributed by atoms with Gasteiger partial charge in [-0.15, -0.1) is 0 Å². The molecule has 0 saturated heterocycles. The molecular weight excluding hydrogens is 232 g/mol. The number of carbonyl (C=O) groups is 1. The number of nitrogens with one attached hydrogen (secondary N) is 1. The Morgan fingerprint density at radius 3 is 2.25 bits per heavy atom. The Labute approximate surface area is 96.8 Å². The summed E-state index contributed by atoms with van der Waals surface area (Å²) in [6, 6.07) is -1.09. The zero-order valence-electron chi connectivity index (χ0n) is 10.1. The third kappa shape index (κ3) is 4.46. The lowest BCUT2D eigenvalue weighted by Crippen LogP contribution is -2.49. The van der Waals surface area contributed by atoms with Gasteiger partial charge in [-0.3, -0.25) is 4.79 Å². The molecule has 0 spiro atoms. The summed E-state index contributed by atoms with van der Waals surface area (Å²) in [6.07, 6.45) is 0.677. The normalized spacial score (nSPS) is 14.4. The van der Waals surface area contributed by atoms with E-state index in [1.165, 1.54) is 7.05 Å². The van der Waals surface area contributed by atoms with Crippen molar-refractivity contribution in [3.8, 4) is 0 Å². The van der Waals surface area contributed by atoms with Crippen LogP contribution in [0.5, 0.6) is 0 Å². The van der Waals surface area contributed by atoms with Gasteiger partial charge in [0.25, 0.3) is 10.2 Å². The van der Waals surface area contributed by atoms with Crippen LogP contribution < -0.4 is 4.72 Å². The first kappa shape index (κ1) is 15.3. The van der Waals surface area contributed by atoms with Gasteiger partial charge in [0.2, 0.25) is 0 Å². The minimum Gasteiger partial charge on any atom is -0.480 e. The highest BCUT2D eigenvalue weighted by Gasteiger charge is 2.28. The topological polar surface area (TPSA) is 86.7 Å². The largest absolute Gasteiger partial charge is 0.480 e. The molecule has 0 radical (unpaired) electrons. The van der Waals surface area contributed by atoms with Crippen molar-refractivity contribution in [3.63, 3.8) is 0 Å². The number of aliphatic carboxylic acids is 1. The van der Waals surface area contributed by atoms with Crippen LogP contribution >= 0.6 is 0 Å². The Bertz CT molecular complexity index is 326. The van der Waals surface area contributed by atoms with E-state index >= 15 is 0 Å². The van der Waals surface area contributed by atoms with Gasteiger partial charge in [-0.05, 0) is 12.3 Å². The molecule has 7 heteroatoms. The summed E-state index contributed by atoms with van der Waals surface area (Å²) < 4.78 is 26.7. The minimum atomic E-state index is -3.71. The Balaban J connectivity index is 4.73. The number of nitrogens with zero attached hydrogens (tertiary/aromatic N) is 1. The number of hydrogen-bond acceptors (Lipinski definition) is 3.